The summed E-state index contributed by atoms with van der Waals surface area (Å²) in [4.78, 5) is 1.93. The quantitative estimate of drug-likeness (QED) is 0.603. The van der Waals surface area contributed by atoms with Gasteiger partial charge < -0.3 is 10.6 Å². The molecule has 1 aromatic rings. The number of nitrogens with zero attached hydrogens (tertiary/aromatic N) is 1. The van der Waals surface area contributed by atoms with E-state index in [0.29, 0.717) is 30.3 Å². The number of halogens is 1. The fourth-order valence-corrected chi connectivity index (χ4v) is 2.97. The van der Waals surface area contributed by atoms with E-state index >= 15 is 0 Å². The van der Waals surface area contributed by atoms with Crippen molar-refractivity contribution >= 4 is 22.3 Å². The molecule has 0 amide bonds. The van der Waals surface area contributed by atoms with Gasteiger partial charge in [0, 0.05) is 35.4 Å². The van der Waals surface area contributed by atoms with E-state index in [1.54, 1.807) is 12.1 Å². The summed E-state index contributed by atoms with van der Waals surface area (Å²) in [7, 11) is -0.778. The minimum absolute atomic E-state index is 0.139. The van der Waals surface area contributed by atoms with Crippen molar-refractivity contribution in [3.05, 3.63) is 29.6 Å². The highest BCUT2D eigenvalue weighted by Gasteiger charge is 2.20. The number of hydrogen-bond acceptors (Lipinski definition) is 3. The lowest BCUT2D eigenvalue weighted by Gasteiger charge is -2.30. The largest absolute Gasteiger partial charge is 0.384 e. The average Bonchev–Trinajstić information content (AvgIpc) is 2.29. The van der Waals surface area contributed by atoms with Gasteiger partial charge in [0.25, 0.3) is 0 Å². The second kappa shape index (κ2) is 4.83. The van der Waals surface area contributed by atoms with Gasteiger partial charge in [-0.15, -0.1) is 0 Å². The van der Waals surface area contributed by atoms with Gasteiger partial charge in [0.1, 0.15) is 11.7 Å². The number of amidine groups is 1. The third-order valence-electron chi connectivity index (χ3n) is 2.78. The van der Waals surface area contributed by atoms with Gasteiger partial charge in [-0.05, 0) is 12.1 Å². The predicted octanol–water partition coefficient (Wildman–Crippen LogP) is 0.678. The molecule has 1 aliphatic heterocycles. The molecule has 6 heteroatoms. The van der Waals surface area contributed by atoms with E-state index in [4.69, 9.17) is 11.1 Å². The summed E-state index contributed by atoms with van der Waals surface area (Å²) in [6.07, 6.45) is 0. The first-order chi connectivity index (χ1) is 8.09. The maximum atomic E-state index is 13.6. The standard InChI is InChI=1S/C11H14FN3OS/c12-8-2-1-3-9(10(8)11(13)14)15-4-6-17(16)7-5-15/h1-3H,4-7H2,(H3,13,14). The summed E-state index contributed by atoms with van der Waals surface area (Å²) in [5.74, 6) is 0.397. The van der Waals surface area contributed by atoms with Gasteiger partial charge >= 0.3 is 0 Å². The van der Waals surface area contributed by atoms with E-state index in [1.165, 1.54) is 6.07 Å². The maximum absolute atomic E-state index is 13.6. The molecule has 1 saturated heterocycles. The molecule has 17 heavy (non-hydrogen) atoms. The van der Waals surface area contributed by atoms with Crippen molar-refractivity contribution < 1.29 is 8.60 Å². The molecule has 0 aliphatic carbocycles. The lowest BCUT2D eigenvalue weighted by atomic mass is 10.1. The van der Waals surface area contributed by atoms with Crippen LogP contribution in [0.5, 0.6) is 0 Å². The fraction of sp³-hybridized carbons (Fsp3) is 0.364. The Morgan fingerprint density at radius 3 is 2.65 bits per heavy atom. The molecule has 0 spiro atoms. The predicted molar refractivity (Wildman–Crippen MR) is 67.5 cm³/mol. The Kier molecular flexibility index (Phi) is 3.42. The Morgan fingerprint density at radius 1 is 1.41 bits per heavy atom. The zero-order valence-electron chi connectivity index (χ0n) is 9.28. The number of anilines is 1. The molecule has 3 N–H and O–H groups in total. The molecule has 1 heterocycles. The molecule has 2 rings (SSSR count). The van der Waals surface area contributed by atoms with Crippen LogP contribution in [-0.4, -0.2) is 34.6 Å². The fourth-order valence-electron chi connectivity index (χ4n) is 1.92. The summed E-state index contributed by atoms with van der Waals surface area (Å²) in [6, 6.07) is 4.64. The highest BCUT2D eigenvalue weighted by Crippen LogP contribution is 2.23. The van der Waals surface area contributed by atoms with Crippen LogP contribution in [0.4, 0.5) is 10.1 Å². The van der Waals surface area contributed by atoms with Crippen LogP contribution in [0.2, 0.25) is 0 Å². The van der Waals surface area contributed by atoms with Crippen LogP contribution in [0.3, 0.4) is 0 Å². The molecule has 0 saturated carbocycles. The van der Waals surface area contributed by atoms with Gasteiger partial charge in [0.15, 0.2) is 0 Å². The van der Waals surface area contributed by atoms with E-state index < -0.39 is 16.6 Å². The maximum Gasteiger partial charge on any atom is 0.136 e. The molecule has 0 unspecified atom stereocenters. The topological polar surface area (TPSA) is 70.2 Å². The van der Waals surface area contributed by atoms with Crippen LogP contribution in [0, 0.1) is 11.2 Å². The Bertz CT molecular complexity index is 468. The minimum Gasteiger partial charge on any atom is -0.384 e. The number of rotatable bonds is 2. The second-order valence-electron chi connectivity index (χ2n) is 3.88. The highest BCUT2D eigenvalue weighted by atomic mass is 32.2. The van der Waals surface area contributed by atoms with Crippen LogP contribution in [0.25, 0.3) is 0 Å². The van der Waals surface area contributed by atoms with E-state index in [-0.39, 0.29) is 11.4 Å². The highest BCUT2D eigenvalue weighted by molar-refractivity contribution is 7.85. The van der Waals surface area contributed by atoms with Gasteiger partial charge in [-0.1, -0.05) is 6.07 Å². The van der Waals surface area contributed by atoms with Crippen LogP contribution in [0.1, 0.15) is 5.56 Å². The van der Waals surface area contributed by atoms with Crippen molar-refractivity contribution in [2.24, 2.45) is 5.73 Å². The van der Waals surface area contributed by atoms with Gasteiger partial charge in [-0.25, -0.2) is 4.39 Å². The third-order valence-corrected chi connectivity index (χ3v) is 4.06. The van der Waals surface area contributed by atoms with Crippen molar-refractivity contribution in [1.82, 2.24) is 0 Å². The SMILES string of the molecule is N=C(N)c1c(F)cccc1N1CCS(=O)CC1. The monoisotopic (exact) mass is 255 g/mol. The van der Waals surface area contributed by atoms with Gasteiger partial charge in [-0.3, -0.25) is 9.62 Å². The minimum atomic E-state index is -0.778. The third kappa shape index (κ3) is 2.46. The smallest absolute Gasteiger partial charge is 0.136 e. The number of hydrogen-bond donors (Lipinski definition) is 2. The van der Waals surface area contributed by atoms with Crippen molar-refractivity contribution in [1.29, 1.82) is 5.41 Å². The average molecular weight is 255 g/mol. The van der Waals surface area contributed by atoms with Crippen molar-refractivity contribution in [3.63, 3.8) is 0 Å². The molecule has 92 valence electrons. The van der Waals surface area contributed by atoms with Crippen LogP contribution in [-0.2, 0) is 10.8 Å². The van der Waals surface area contributed by atoms with Crippen LogP contribution >= 0.6 is 0 Å². The number of benzene rings is 1. The molecule has 0 aromatic heterocycles. The molecule has 0 bridgehead atoms. The first-order valence-corrected chi connectivity index (χ1v) is 6.81. The molecule has 1 aliphatic rings. The molecule has 0 radical (unpaired) electrons. The zero-order valence-corrected chi connectivity index (χ0v) is 10.1. The van der Waals surface area contributed by atoms with Crippen molar-refractivity contribution in [2.45, 2.75) is 0 Å². The summed E-state index contributed by atoms with van der Waals surface area (Å²) < 4.78 is 24.9. The molecule has 0 atom stereocenters. The van der Waals surface area contributed by atoms with Crippen LogP contribution in [0.15, 0.2) is 18.2 Å². The normalized spacial score (nSPS) is 17.1. The second-order valence-corrected chi connectivity index (χ2v) is 5.58. The summed E-state index contributed by atoms with van der Waals surface area (Å²) in [5, 5.41) is 7.43. The first-order valence-electron chi connectivity index (χ1n) is 5.32. The van der Waals surface area contributed by atoms with Gasteiger partial charge in [-0.2, -0.15) is 0 Å². The van der Waals surface area contributed by atoms with E-state index in [1.807, 2.05) is 4.90 Å². The lowest BCUT2D eigenvalue weighted by molar-refractivity contribution is 0.623. The Balaban J connectivity index is 2.35. The molecule has 1 aromatic carbocycles. The van der Waals surface area contributed by atoms with E-state index in [9.17, 15) is 8.60 Å². The van der Waals surface area contributed by atoms with Crippen molar-refractivity contribution in [2.75, 3.05) is 29.5 Å². The molecular formula is C11H14FN3OS. The first kappa shape index (κ1) is 12.0. The van der Waals surface area contributed by atoms with E-state index in [0.717, 1.165) is 0 Å². The summed E-state index contributed by atoms with van der Waals surface area (Å²) in [5.41, 5.74) is 6.16. The molecule has 4 nitrogen and oxygen atoms in total. The van der Waals surface area contributed by atoms with Crippen molar-refractivity contribution in [3.8, 4) is 0 Å². The van der Waals surface area contributed by atoms with Crippen LogP contribution < -0.4 is 10.6 Å². The number of nitrogen functional groups attached to an aromatic ring is 1. The Hall–Kier alpha value is -1.43. The number of nitrogens with one attached hydrogen (secondary N) is 1. The van der Waals surface area contributed by atoms with E-state index in [2.05, 4.69) is 0 Å². The number of nitrogens with two attached hydrogens (primary N) is 1. The zero-order chi connectivity index (χ0) is 12.4. The summed E-state index contributed by atoms with van der Waals surface area (Å²) in [6.45, 7) is 1.21. The summed E-state index contributed by atoms with van der Waals surface area (Å²) >= 11 is 0. The Labute approximate surface area is 102 Å². The molecular weight excluding hydrogens is 241 g/mol. The van der Waals surface area contributed by atoms with Gasteiger partial charge in [0.2, 0.25) is 0 Å². The lowest BCUT2D eigenvalue weighted by Crippen LogP contribution is -2.39. The molecule has 1 fully saturated rings. The Morgan fingerprint density at radius 2 is 2.06 bits per heavy atom. The van der Waals surface area contributed by atoms with Gasteiger partial charge in [0.05, 0.1) is 11.3 Å².